The summed E-state index contributed by atoms with van der Waals surface area (Å²) in [5.74, 6) is -3.67. The largest absolute Gasteiger partial charge is 0.491 e. The smallest absolute Gasteiger partial charge is 0.257 e. The molecule has 0 bridgehead atoms. The number of ether oxygens (including phenoxy) is 2. The highest BCUT2D eigenvalue weighted by Crippen LogP contribution is 2.36. The van der Waals surface area contributed by atoms with Crippen LogP contribution in [0.5, 0.6) is 5.75 Å². The zero-order valence-corrected chi connectivity index (χ0v) is 18.7. The number of rotatable bonds is 7. The van der Waals surface area contributed by atoms with Crippen LogP contribution in [0, 0.1) is 17.0 Å². The van der Waals surface area contributed by atoms with Gasteiger partial charge in [0.1, 0.15) is 22.9 Å². The first-order valence-corrected chi connectivity index (χ1v) is 10.1. The molecule has 0 spiro atoms. The topological polar surface area (TPSA) is 104 Å². The van der Waals surface area contributed by atoms with E-state index in [-0.39, 0.29) is 41.3 Å². The minimum absolute atomic E-state index is 0.0158. The van der Waals surface area contributed by atoms with Crippen LogP contribution in [-0.2, 0) is 22.5 Å². The van der Waals surface area contributed by atoms with E-state index in [9.17, 15) is 28.0 Å². The van der Waals surface area contributed by atoms with Crippen molar-refractivity contribution in [3.63, 3.8) is 0 Å². The summed E-state index contributed by atoms with van der Waals surface area (Å²) in [7, 11) is 2.69. The predicted octanol–water partition coefficient (Wildman–Crippen LogP) is 1.91. The molecule has 3 rings (SSSR count). The van der Waals surface area contributed by atoms with E-state index in [1.807, 2.05) is 0 Å². The fraction of sp³-hybridized carbons (Fsp3) is 0.391. The lowest BCUT2D eigenvalue weighted by Gasteiger charge is -2.38. The molecule has 1 unspecified atom stereocenters. The first kappa shape index (κ1) is 24.2. The SMILES string of the molecule is COc1c2n(cc(C(=O)NCC(=O)Cc3ccc(F)cc3F)c1=O)CC(OC)C(C)(C)C2=O. The fourth-order valence-electron chi connectivity index (χ4n) is 3.81. The summed E-state index contributed by atoms with van der Waals surface area (Å²) in [4.78, 5) is 50.8. The summed E-state index contributed by atoms with van der Waals surface area (Å²) < 4.78 is 38.8. The predicted molar refractivity (Wildman–Crippen MR) is 114 cm³/mol. The van der Waals surface area contributed by atoms with Gasteiger partial charge in [0.25, 0.3) is 5.91 Å². The summed E-state index contributed by atoms with van der Waals surface area (Å²) >= 11 is 0. The van der Waals surface area contributed by atoms with Crippen LogP contribution in [-0.4, -0.2) is 48.9 Å². The van der Waals surface area contributed by atoms with E-state index in [2.05, 4.69) is 5.32 Å². The molecule has 1 atom stereocenters. The van der Waals surface area contributed by atoms with Gasteiger partial charge in [-0.2, -0.15) is 0 Å². The Kier molecular flexibility index (Phi) is 6.78. The lowest BCUT2D eigenvalue weighted by Crippen LogP contribution is -2.48. The number of hydrogen-bond donors (Lipinski definition) is 1. The quantitative estimate of drug-likeness (QED) is 0.674. The molecule has 0 aliphatic carbocycles. The molecule has 1 aliphatic heterocycles. The Morgan fingerprint density at radius 2 is 1.91 bits per heavy atom. The Morgan fingerprint density at radius 3 is 2.52 bits per heavy atom. The highest BCUT2D eigenvalue weighted by atomic mass is 19.1. The standard InChI is InChI=1S/C23H24F2N2O6/c1-23(2)17(32-3)11-27-10-15(19(29)20(33-4)18(27)21(23)30)22(31)26-9-14(28)7-12-5-6-13(24)8-16(12)25/h5-6,8,10,17H,7,9,11H2,1-4H3,(H,26,31). The van der Waals surface area contributed by atoms with E-state index in [1.54, 1.807) is 13.8 Å². The Labute approximate surface area is 188 Å². The molecular formula is C23H24F2N2O6. The summed E-state index contributed by atoms with van der Waals surface area (Å²) in [6.07, 6.45) is 0.365. The van der Waals surface area contributed by atoms with E-state index in [0.29, 0.717) is 6.07 Å². The van der Waals surface area contributed by atoms with Gasteiger partial charge in [0.05, 0.1) is 31.7 Å². The first-order chi connectivity index (χ1) is 15.5. The van der Waals surface area contributed by atoms with Gasteiger partial charge in [-0.3, -0.25) is 19.2 Å². The number of methoxy groups -OCH3 is 2. The molecule has 2 aromatic rings. The van der Waals surface area contributed by atoms with Gasteiger partial charge in [0.15, 0.2) is 17.3 Å². The second-order valence-corrected chi connectivity index (χ2v) is 8.32. The van der Waals surface area contributed by atoms with E-state index >= 15 is 0 Å². The van der Waals surface area contributed by atoms with Crippen LogP contribution in [0.15, 0.2) is 29.2 Å². The van der Waals surface area contributed by atoms with Gasteiger partial charge in [-0.15, -0.1) is 0 Å². The average molecular weight is 462 g/mol. The molecule has 1 N–H and O–H groups in total. The second kappa shape index (κ2) is 9.22. The van der Waals surface area contributed by atoms with Crippen molar-refractivity contribution >= 4 is 17.5 Å². The number of ketones is 2. The molecular weight excluding hydrogens is 438 g/mol. The summed E-state index contributed by atoms with van der Waals surface area (Å²) in [6, 6.07) is 2.84. The van der Waals surface area contributed by atoms with Gasteiger partial charge in [0.2, 0.25) is 5.43 Å². The molecule has 33 heavy (non-hydrogen) atoms. The van der Waals surface area contributed by atoms with Crippen LogP contribution in [0.3, 0.4) is 0 Å². The van der Waals surface area contributed by atoms with Crippen LogP contribution in [0.25, 0.3) is 0 Å². The molecule has 1 amide bonds. The summed E-state index contributed by atoms with van der Waals surface area (Å²) in [6.45, 7) is 3.12. The van der Waals surface area contributed by atoms with Gasteiger partial charge in [-0.25, -0.2) is 8.78 Å². The van der Waals surface area contributed by atoms with Gasteiger partial charge in [-0.05, 0) is 25.5 Å². The molecule has 1 aromatic heterocycles. The van der Waals surface area contributed by atoms with Crippen LogP contribution in [0.1, 0.15) is 40.3 Å². The highest BCUT2D eigenvalue weighted by molar-refractivity contribution is 6.03. The summed E-state index contributed by atoms with van der Waals surface area (Å²) in [5.41, 5.74) is -2.00. The third kappa shape index (κ3) is 4.56. The number of hydrogen-bond acceptors (Lipinski definition) is 6. The number of fused-ring (bicyclic) bond motifs is 1. The molecule has 1 aliphatic rings. The highest BCUT2D eigenvalue weighted by Gasteiger charge is 2.45. The van der Waals surface area contributed by atoms with E-state index < -0.39 is 46.8 Å². The van der Waals surface area contributed by atoms with Gasteiger partial charge in [-0.1, -0.05) is 6.07 Å². The van der Waals surface area contributed by atoms with Gasteiger partial charge >= 0.3 is 0 Å². The van der Waals surface area contributed by atoms with Crippen molar-refractivity contribution in [2.45, 2.75) is 32.9 Å². The molecule has 0 saturated heterocycles. The van der Waals surface area contributed by atoms with Crippen LogP contribution in [0.4, 0.5) is 8.78 Å². The maximum atomic E-state index is 13.7. The molecule has 176 valence electrons. The summed E-state index contributed by atoms with van der Waals surface area (Å²) in [5, 5.41) is 2.33. The number of halogens is 2. The number of carbonyl (C=O) groups is 3. The molecule has 1 aromatic carbocycles. The van der Waals surface area contributed by atoms with Crippen molar-refractivity contribution in [3.05, 3.63) is 63.1 Å². The number of Topliss-reactive ketones (excluding diaryl/α,β-unsaturated/α-hetero) is 2. The Bertz CT molecular complexity index is 1190. The minimum Gasteiger partial charge on any atom is -0.491 e. The van der Waals surface area contributed by atoms with Crippen LogP contribution < -0.4 is 15.5 Å². The number of nitrogens with zero attached hydrogens (tertiary/aromatic N) is 1. The Hall–Kier alpha value is -3.40. The number of aromatic nitrogens is 1. The third-order valence-corrected chi connectivity index (χ3v) is 5.79. The first-order valence-electron chi connectivity index (χ1n) is 10.1. The van der Waals surface area contributed by atoms with Crippen LogP contribution in [0.2, 0.25) is 0 Å². The van der Waals surface area contributed by atoms with Crippen molar-refractivity contribution < 1.29 is 32.6 Å². The lowest BCUT2D eigenvalue weighted by atomic mass is 9.77. The molecule has 8 nitrogen and oxygen atoms in total. The van der Waals surface area contributed by atoms with Crippen molar-refractivity contribution in [2.75, 3.05) is 20.8 Å². The van der Waals surface area contributed by atoms with Crippen molar-refractivity contribution in [1.29, 1.82) is 0 Å². The third-order valence-electron chi connectivity index (χ3n) is 5.79. The zero-order chi connectivity index (χ0) is 24.5. The number of benzene rings is 1. The minimum atomic E-state index is -0.916. The van der Waals surface area contributed by atoms with E-state index in [4.69, 9.17) is 9.47 Å². The van der Waals surface area contributed by atoms with Crippen molar-refractivity contribution in [2.24, 2.45) is 5.41 Å². The van der Waals surface area contributed by atoms with Crippen molar-refractivity contribution in [3.8, 4) is 5.75 Å². The Morgan fingerprint density at radius 1 is 1.21 bits per heavy atom. The fourth-order valence-corrected chi connectivity index (χ4v) is 3.81. The number of amides is 1. The number of nitrogens with one attached hydrogen (secondary N) is 1. The normalized spacial score (nSPS) is 16.8. The average Bonchev–Trinajstić information content (AvgIpc) is 2.76. The second-order valence-electron chi connectivity index (χ2n) is 8.32. The maximum absolute atomic E-state index is 13.7. The monoisotopic (exact) mass is 462 g/mol. The van der Waals surface area contributed by atoms with Gasteiger partial charge < -0.3 is 19.4 Å². The van der Waals surface area contributed by atoms with Crippen LogP contribution >= 0.6 is 0 Å². The maximum Gasteiger partial charge on any atom is 0.257 e. The molecule has 0 fully saturated rings. The van der Waals surface area contributed by atoms with E-state index in [0.717, 1.165) is 12.1 Å². The number of carbonyl (C=O) groups excluding carboxylic acids is 3. The lowest BCUT2D eigenvalue weighted by molar-refractivity contribution is -0.117. The molecule has 10 heteroatoms. The van der Waals surface area contributed by atoms with Crippen molar-refractivity contribution in [1.82, 2.24) is 9.88 Å². The molecule has 0 radical (unpaired) electrons. The molecule has 2 heterocycles. The zero-order valence-electron chi connectivity index (χ0n) is 18.7. The molecule has 0 saturated carbocycles. The number of pyridine rings is 1. The van der Waals surface area contributed by atoms with E-state index in [1.165, 1.54) is 25.0 Å². The van der Waals surface area contributed by atoms with Gasteiger partial charge in [0, 0.05) is 25.8 Å². The Balaban J connectivity index is 1.83.